The van der Waals surface area contributed by atoms with E-state index in [1.807, 2.05) is 0 Å². The molecular weight excluding hydrogens is 306 g/mol. The van der Waals surface area contributed by atoms with Crippen LogP contribution in [0.25, 0.3) is 0 Å². The molecule has 122 valence electrons. The van der Waals surface area contributed by atoms with Crippen molar-refractivity contribution in [2.24, 2.45) is 17.3 Å². The van der Waals surface area contributed by atoms with Gasteiger partial charge in [0.25, 0.3) is 5.91 Å². The molecular formula is C15H16F2N4O2. The number of nitrogens with one attached hydrogen (secondary N) is 1. The summed E-state index contributed by atoms with van der Waals surface area (Å²) in [5.74, 6) is -2.69. The average Bonchev–Trinajstić information content (AvgIpc) is 3.28. The highest BCUT2D eigenvalue weighted by molar-refractivity contribution is 5.84. The van der Waals surface area contributed by atoms with Gasteiger partial charge in [0.2, 0.25) is 5.56 Å². The Bertz CT molecular complexity index is 728. The largest absolute Gasteiger partial charge is 0.351 e. The summed E-state index contributed by atoms with van der Waals surface area (Å²) in [5, 5.41) is 9.90. The number of amides is 1. The predicted molar refractivity (Wildman–Crippen MR) is 78.9 cm³/mol. The Labute approximate surface area is 131 Å². The number of carbonyl (C=O) groups is 1. The van der Waals surface area contributed by atoms with Crippen LogP contribution in [0.4, 0.5) is 8.78 Å². The lowest BCUT2D eigenvalue weighted by atomic mass is 10.0. The molecule has 6 nitrogen and oxygen atoms in total. The van der Waals surface area contributed by atoms with Crippen LogP contribution in [-0.2, 0) is 17.8 Å². The number of terminal acetylenes is 1. The highest BCUT2D eigenvalue weighted by Crippen LogP contribution is 2.36. The third-order valence-corrected chi connectivity index (χ3v) is 3.60. The molecule has 2 rings (SSSR count). The number of hydrogen-bond acceptors (Lipinski definition) is 4. The van der Waals surface area contributed by atoms with Gasteiger partial charge in [-0.25, -0.2) is 0 Å². The summed E-state index contributed by atoms with van der Waals surface area (Å²) in [6.07, 6.45) is 7.45. The number of nitrogens with zero attached hydrogens (tertiary/aromatic N) is 3. The summed E-state index contributed by atoms with van der Waals surface area (Å²) < 4.78 is 29.2. The Morgan fingerprint density at radius 3 is 2.70 bits per heavy atom. The zero-order valence-electron chi connectivity index (χ0n) is 12.6. The number of halogens is 2. The first-order chi connectivity index (χ1) is 10.8. The van der Waals surface area contributed by atoms with Gasteiger partial charge in [-0.3, -0.25) is 9.59 Å². The van der Waals surface area contributed by atoms with Crippen molar-refractivity contribution in [1.82, 2.24) is 9.88 Å². The van der Waals surface area contributed by atoms with E-state index in [2.05, 4.69) is 21.5 Å². The summed E-state index contributed by atoms with van der Waals surface area (Å²) in [5.41, 5.74) is -1.61. The summed E-state index contributed by atoms with van der Waals surface area (Å²) in [6, 6.07) is 1.94. The van der Waals surface area contributed by atoms with E-state index >= 15 is 0 Å². The van der Waals surface area contributed by atoms with Crippen LogP contribution in [-0.4, -0.2) is 22.7 Å². The molecule has 1 amide bonds. The van der Waals surface area contributed by atoms with E-state index in [0.717, 1.165) is 22.9 Å². The molecule has 0 atom stereocenters. The van der Waals surface area contributed by atoms with Gasteiger partial charge in [-0.05, 0) is 6.07 Å². The summed E-state index contributed by atoms with van der Waals surface area (Å²) in [6.45, 7) is 0.0117. The number of pyridine rings is 1. The smallest absolute Gasteiger partial charge is 0.350 e. The third-order valence-electron chi connectivity index (χ3n) is 3.60. The fourth-order valence-electron chi connectivity index (χ4n) is 2.07. The number of carbonyl (C=O) groups excluding carboxylic acids is 1. The second-order valence-electron chi connectivity index (χ2n) is 5.33. The second kappa shape index (κ2) is 6.28. The molecule has 23 heavy (non-hydrogen) atoms. The van der Waals surface area contributed by atoms with Crippen LogP contribution in [0.5, 0.6) is 0 Å². The molecule has 2 heterocycles. The van der Waals surface area contributed by atoms with Crippen LogP contribution in [0.2, 0.25) is 0 Å². The number of hydrogen-bond donors (Lipinski definition) is 1. The van der Waals surface area contributed by atoms with Crippen molar-refractivity contribution in [3.63, 3.8) is 0 Å². The minimum atomic E-state index is -3.73. The zero-order chi connectivity index (χ0) is 17.1. The SMILES string of the molecule is C#CCCC1(CCNC(=O)C(F)(F)c2ccc(=O)n(C)c2)N=N1. The Morgan fingerprint density at radius 2 is 2.13 bits per heavy atom. The van der Waals surface area contributed by atoms with E-state index in [1.54, 1.807) is 0 Å². The van der Waals surface area contributed by atoms with Gasteiger partial charge in [0.1, 0.15) is 0 Å². The first-order valence-corrected chi connectivity index (χ1v) is 7.01. The first-order valence-electron chi connectivity index (χ1n) is 7.01. The van der Waals surface area contributed by atoms with E-state index in [-0.39, 0.29) is 6.54 Å². The minimum Gasteiger partial charge on any atom is -0.350 e. The van der Waals surface area contributed by atoms with Crippen LogP contribution < -0.4 is 10.9 Å². The summed E-state index contributed by atoms with van der Waals surface area (Å²) in [7, 11) is 1.34. The Morgan fingerprint density at radius 1 is 1.43 bits per heavy atom. The number of alkyl halides is 2. The lowest BCUT2D eigenvalue weighted by Gasteiger charge is -2.17. The van der Waals surface area contributed by atoms with Crippen molar-refractivity contribution in [2.75, 3.05) is 6.54 Å². The van der Waals surface area contributed by atoms with Gasteiger partial charge in [-0.1, -0.05) is 0 Å². The van der Waals surface area contributed by atoms with Crippen molar-refractivity contribution in [3.8, 4) is 12.3 Å². The average molecular weight is 322 g/mol. The zero-order valence-corrected chi connectivity index (χ0v) is 12.6. The van der Waals surface area contributed by atoms with E-state index in [9.17, 15) is 18.4 Å². The maximum atomic E-state index is 14.1. The standard InChI is InChI=1S/C15H16F2N4O2/c1-3-4-7-14(19-20-14)8-9-18-13(23)15(16,17)11-5-6-12(22)21(2)10-11/h1,5-6,10H,4,7-9H2,2H3,(H,18,23). The van der Waals surface area contributed by atoms with Crippen LogP contribution in [0.3, 0.4) is 0 Å². The molecule has 0 aliphatic carbocycles. The molecule has 8 heteroatoms. The minimum absolute atomic E-state index is 0.0117. The Balaban J connectivity index is 1.93. The van der Waals surface area contributed by atoms with E-state index in [1.165, 1.54) is 7.05 Å². The highest BCUT2D eigenvalue weighted by Gasteiger charge is 2.43. The number of rotatable bonds is 7. The van der Waals surface area contributed by atoms with E-state index in [4.69, 9.17) is 6.42 Å². The van der Waals surface area contributed by atoms with Gasteiger partial charge >= 0.3 is 5.92 Å². The fraction of sp³-hybridized carbons (Fsp3) is 0.467. The van der Waals surface area contributed by atoms with Crippen LogP contribution in [0, 0.1) is 12.3 Å². The molecule has 1 aliphatic heterocycles. The quantitative estimate of drug-likeness (QED) is 0.774. The highest BCUT2D eigenvalue weighted by atomic mass is 19.3. The Hall–Kier alpha value is -2.56. The molecule has 1 aromatic heterocycles. The first kappa shape index (κ1) is 16.8. The van der Waals surface area contributed by atoms with Crippen LogP contribution in [0.1, 0.15) is 24.8 Å². The van der Waals surface area contributed by atoms with Crippen molar-refractivity contribution in [1.29, 1.82) is 0 Å². The molecule has 0 radical (unpaired) electrons. The molecule has 0 unspecified atom stereocenters. The van der Waals surface area contributed by atoms with Gasteiger partial charge in [0, 0.05) is 50.7 Å². The maximum Gasteiger partial charge on any atom is 0.351 e. The van der Waals surface area contributed by atoms with Gasteiger partial charge < -0.3 is 9.88 Å². The summed E-state index contributed by atoms with van der Waals surface area (Å²) >= 11 is 0. The van der Waals surface area contributed by atoms with Crippen molar-refractivity contribution in [3.05, 3.63) is 34.2 Å². The third kappa shape index (κ3) is 3.80. The molecule has 0 aromatic carbocycles. The van der Waals surface area contributed by atoms with E-state index < -0.39 is 28.6 Å². The van der Waals surface area contributed by atoms with E-state index in [0.29, 0.717) is 19.3 Å². The van der Waals surface area contributed by atoms with Crippen molar-refractivity contribution >= 4 is 5.91 Å². The topological polar surface area (TPSA) is 75.8 Å². The molecule has 1 N–H and O–H groups in total. The molecule has 0 fully saturated rings. The van der Waals surface area contributed by atoms with Gasteiger partial charge in [-0.15, -0.1) is 12.3 Å². The van der Waals surface area contributed by atoms with Crippen molar-refractivity contribution in [2.45, 2.75) is 30.8 Å². The van der Waals surface area contributed by atoms with Crippen LogP contribution >= 0.6 is 0 Å². The number of aromatic nitrogens is 1. The molecule has 0 saturated carbocycles. The molecule has 0 saturated heterocycles. The van der Waals surface area contributed by atoms with Gasteiger partial charge in [-0.2, -0.15) is 19.0 Å². The maximum absolute atomic E-state index is 14.1. The summed E-state index contributed by atoms with van der Waals surface area (Å²) in [4.78, 5) is 23.0. The lowest BCUT2D eigenvalue weighted by Crippen LogP contribution is -2.40. The molecule has 0 spiro atoms. The monoisotopic (exact) mass is 322 g/mol. The fourth-order valence-corrected chi connectivity index (χ4v) is 2.07. The van der Waals surface area contributed by atoms with Crippen LogP contribution in [0.15, 0.2) is 33.4 Å². The van der Waals surface area contributed by atoms with Gasteiger partial charge in [0.15, 0.2) is 5.66 Å². The van der Waals surface area contributed by atoms with Crippen molar-refractivity contribution < 1.29 is 13.6 Å². The Kier molecular flexibility index (Phi) is 4.59. The molecule has 1 aliphatic rings. The van der Waals surface area contributed by atoms with Gasteiger partial charge in [0.05, 0.1) is 0 Å². The lowest BCUT2D eigenvalue weighted by molar-refractivity contribution is -0.147. The molecule has 0 bridgehead atoms. The second-order valence-corrected chi connectivity index (χ2v) is 5.33. The normalized spacial score (nSPS) is 15.0. The number of aryl methyl sites for hydroxylation is 1. The predicted octanol–water partition coefficient (Wildman–Crippen LogP) is 1.56. The molecule has 1 aromatic rings.